The Labute approximate surface area is 232 Å². The van der Waals surface area contributed by atoms with Gasteiger partial charge in [0.15, 0.2) is 19.8 Å². The lowest BCUT2D eigenvalue weighted by molar-refractivity contribution is -0.148. The van der Waals surface area contributed by atoms with Gasteiger partial charge in [0.1, 0.15) is 0 Å². The highest BCUT2D eigenvalue weighted by molar-refractivity contribution is 6.76. The molecule has 1 saturated carbocycles. The third-order valence-corrected chi connectivity index (χ3v) is 16.0. The van der Waals surface area contributed by atoms with Crippen LogP contribution >= 0.6 is 0 Å². The van der Waals surface area contributed by atoms with E-state index < -0.39 is 16.4 Å². The minimum Gasteiger partial charge on any atom is -0.493 e. The van der Waals surface area contributed by atoms with Gasteiger partial charge >= 0.3 is 5.97 Å². The van der Waals surface area contributed by atoms with Gasteiger partial charge in [-0.05, 0) is 79.4 Å². The van der Waals surface area contributed by atoms with E-state index in [2.05, 4.69) is 64.5 Å². The minimum atomic E-state index is -1.98. The predicted octanol–water partition coefficient (Wildman–Crippen LogP) is 6.39. The molecule has 1 aromatic rings. The first-order valence-corrected chi connectivity index (χ1v) is 21.0. The summed E-state index contributed by atoms with van der Waals surface area (Å²) in [5.41, 5.74) is 3.75. The van der Waals surface area contributed by atoms with Crippen LogP contribution in [-0.2, 0) is 32.3 Å². The van der Waals surface area contributed by atoms with E-state index in [0.717, 1.165) is 43.7 Å². The summed E-state index contributed by atoms with van der Waals surface area (Å²) in [7, 11) is -0.0216. The second kappa shape index (κ2) is 9.93. The third kappa shape index (κ3) is 4.77. The summed E-state index contributed by atoms with van der Waals surface area (Å²) in [5.74, 6) is 1.57. The second-order valence-corrected chi connectivity index (χ2v) is 24.8. The van der Waals surface area contributed by atoms with Crippen molar-refractivity contribution in [2.45, 2.75) is 109 Å². The van der Waals surface area contributed by atoms with E-state index in [9.17, 15) is 4.79 Å². The van der Waals surface area contributed by atoms with Gasteiger partial charge in [-0.3, -0.25) is 9.69 Å². The first-order chi connectivity index (χ1) is 17.5. The van der Waals surface area contributed by atoms with Gasteiger partial charge in [-0.25, -0.2) is 0 Å². The molecule has 0 radical (unpaired) electrons. The molecule has 1 aliphatic heterocycles. The van der Waals surface area contributed by atoms with Crippen molar-refractivity contribution < 1.29 is 23.4 Å². The van der Waals surface area contributed by atoms with Crippen molar-refractivity contribution in [1.29, 1.82) is 0 Å². The number of methoxy groups -OCH3 is 2. The van der Waals surface area contributed by atoms with Crippen LogP contribution in [0.1, 0.15) is 57.2 Å². The summed E-state index contributed by atoms with van der Waals surface area (Å²) in [5, 5.41) is 0.144. The summed E-state index contributed by atoms with van der Waals surface area (Å²) in [6.07, 6.45) is 3.93. The van der Waals surface area contributed by atoms with Gasteiger partial charge in [0, 0.05) is 26.3 Å². The standard InChI is InChI=1S/C30H51NO5Si2/c1-12-35-25(32)19-31-14-13-21-15-24(33-5)27(34-6)23-18-29(20-37(7,8)9)16-22(17-30(29,31)26(21)23)36-38(10,11)28(2,3)4/h15,22H,12-14,16-20H2,1-11H3. The Kier molecular flexibility index (Phi) is 7.74. The quantitative estimate of drug-likeness (QED) is 0.257. The van der Waals surface area contributed by atoms with Crippen LogP contribution in [0.15, 0.2) is 6.07 Å². The van der Waals surface area contributed by atoms with E-state index in [1.807, 2.05) is 6.92 Å². The third-order valence-electron chi connectivity index (χ3n) is 9.75. The Balaban J connectivity index is 1.94. The van der Waals surface area contributed by atoms with E-state index in [1.54, 1.807) is 14.2 Å². The smallest absolute Gasteiger partial charge is 0.320 e. The van der Waals surface area contributed by atoms with Crippen LogP contribution in [-0.4, -0.2) is 67.3 Å². The maximum Gasteiger partial charge on any atom is 0.320 e. The molecular formula is C30H51NO5Si2. The fourth-order valence-electron chi connectivity index (χ4n) is 7.77. The maximum absolute atomic E-state index is 13.0. The molecule has 0 amide bonds. The summed E-state index contributed by atoms with van der Waals surface area (Å²) in [4.78, 5) is 15.5. The molecule has 214 valence electrons. The average molecular weight is 562 g/mol. The molecular weight excluding hydrogens is 511 g/mol. The van der Waals surface area contributed by atoms with Gasteiger partial charge in [0.2, 0.25) is 0 Å². The van der Waals surface area contributed by atoms with Gasteiger partial charge in [-0.2, -0.15) is 0 Å². The highest BCUT2D eigenvalue weighted by Crippen LogP contribution is 2.70. The Bertz CT molecular complexity index is 1080. The molecule has 8 heteroatoms. The first kappa shape index (κ1) is 29.6. The lowest BCUT2D eigenvalue weighted by Crippen LogP contribution is -2.58. The van der Waals surface area contributed by atoms with Gasteiger partial charge in [-0.1, -0.05) is 40.4 Å². The molecule has 6 nitrogen and oxygen atoms in total. The first-order valence-electron chi connectivity index (χ1n) is 14.4. The number of hydrogen-bond acceptors (Lipinski definition) is 6. The number of nitrogens with zero attached hydrogens (tertiary/aromatic N) is 1. The SMILES string of the molecule is CCOC(=O)CN1CCc2cc(OC)c(OC)c3c2C12CC(O[Si](C)(C)C(C)(C)C)CC2(C[Si](C)(C)C)C3. The molecule has 4 rings (SSSR count). The second-order valence-electron chi connectivity index (χ2n) is 14.6. The fourth-order valence-corrected chi connectivity index (χ4v) is 11.7. The zero-order valence-corrected chi connectivity index (χ0v) is 27.8. The van der Waals surface area contributed by atoms with Gasteiger partial charge < -0.3 is 18.6 Å². The van der Waals surface area contributed by atoms with E-state index in [4.69, 9.17) is 18.6 Å². The number of carbonyl (C=O) groups excluding carboxylic acids is 1. The Morgan fingerprint density at radius 1 is 1.11 bits per heavy atom. The normalized spacial score (nSPS) is 27.2. The molecule has 3 aliphatic rings. The molecule has 0 N–H and O–H groups in total. The van der Waals surface area contributed by atoms with Crippen molar-refractivity contribution in [2.24, 2.45) is 5.41 Å². The molecule has 0 saturated heterocycles. The number of esters is 1. The fraction of sp³-hybridized carbons (Fsp3) is 0.767. The number of hydrogen-bond donors (Lipinski definition) is 0. The number of carbonyl (C=O) groups is 1. The van der Waals surface area contributed by atoms with Crippen LogP contribution in [0.25, 0.3) is 0 Å². The number of ether oxygens (including phenoxy) is 3. The summed E-state index contributed by atoms with van der Waals surface area (Å²) in [6, 6.07) is 3.38. The zero-order chi connectivity index (χ0) is 28.3. The molecule has 1 heterocycles. The lowest BCUT2D eigenvalue weighted by atomic mass is 9.69. The molecule has 0 bridgehead atoms. The van der Waals surface area contributed by atoms with E-state index in [-0.39, 0.29) is 28.1 Å². The van der Waals surface area contributed by atoms with E-state index in [1.165, 1.54) is 22.7 Å². The number of rotatable bonds is 9. The molecule has 1 aromatic carbocycles. The number of benzene rings is 1. The van der Waals surface area contributed by atoms with Crippen molar-refractivity contribution in [2.75, 3.05) is 33.9 Å². The highest BCUT2D eigenvalue weighted by Gasteiger charge is 2.69. The minimum absolute atomic E-state index is 0.0197. The predicted molar refractivity (Wildman–Crippen MR) is 159 cm³/mol. The van der Waals surface area contributed by atoms with Crippen LogP contribution < -0.4 is 9.47 Å². The zero-order valence-electron chi connectivity index (χ0n) is 25.8. The van der Waals surface area contributed by atoms with Crippen LogP contribution in [0, 0.1) is 5.41 Å². The molecule has 3 atom stereocenters. The Morgan fingerprint density at radius 2 is 1.79 bits per heavy atom. The van der Waals surface area contributed by atoms with E-state index >= 15 is 0 Å². The van der Waals surface area contributed by atoms with Crippen molar-refractivity contribution >= 4 is 22.4 Å². The van der Waals surface area contributed by atoms with Gasteiger partial charge in [0.25, 0.3) is 0 Å². The summed E-state index contributed by atoms with van der Waals surface area (Å²) >= 11 is 0. The highest BCUT2D eigenvalue weighted by atomic mass is 28.4. The van der Waals surface area contributed by atoms with Crippen LogP contribution in [0.5, 0.6) is 11.5 Å². The summed E-state index contributed by atoms with van der Waals surface area (Å²) < 4.78 is 24.6. The average Bonchev–Trinajstić information content (AvgIpc) is 3.19. The topological polar surface area (TPSA) is 57.2 Å². The molecule has 2 aliphatic carbocycles. The van der Waals surface area contributed by atoms with Gasteiger partial charge in [-0.15, -0.1) is 0 Å². The van der Waals surface area contributed by atoms with Crippen LogP contribution in [0.4, 0.5) is 0 Å². The molecule has 3 unspecified atom stereocenters. The van der Waals surface area contributed by atoms with E-state index in [0.29, 0.717) is 13.2 Å². The Morgan fingerprint density at radius 3 is 2.34 bits per heavy atom. The molecule has 0 aromatic heterocycles. The van der Waals surface area contributed by atoms with Crippen molar-refractivity contribution in [3.63, 3.8) is 0 Å². The lowest BCUT2D eigenvalue weighted by Gasteiger charge is -2.53. The van der Waals surface area contributed by atoms with Crippen molar-refractivity contribution in [1.82, 2.24) is 4.90 Å². The largest absolute Gasteiger partial charge is 0.493 e. The van der Waals surface area contributed by atoms with Crippen LogP contribution in [0.3, 0.4) is 0 Å². The Hall–Kier alpha value is -1.36. The molecule has 1 spiro atoms. The monoisotopic (exact) mass is 561 g/mol. The molecule has 38 heavy (non-hydrogen) atoms. The summed E-state index contributed by atoms with van der Waals surface area (Å²) in [6.45, 7) is 22.6. The maximum atomic E-state index is 13.0. The van der Waals surface area contributed by atoms with Crippen molar-refractivity contribution in [3.8, 4) is 11.5 Å². The van der Waals surface area contributed by atoms with Crippen LogP contribution in [0.2, 0.25) is 43.8 Å². The van der Waals surface area contributed by atoms with Gasteiger partial charge in [0.05, 0.1) is 32.9 Å². The van der Waals surface area contributed by atoms with Crippen molar-refractivity contribution in [3.05, 3.63) is 22.8 Å². The molecule has 1 fully saturated rings.